The van der Waals surface area contributed by atoms with Gasteiger partial charge in [0.1, 0.15) is 0 Å². The lowest BCUT2D eigenvalue weighted by atomic mass is 10.2. The zero-order valence-corrected chi connectivity index (χ0v) is 14.5. The van der Waals surface area contributed by atoms with Gasteiger partial charge in [0.05, 0.1) is 11.7 Å². The summed E-state index contributed by atoms with van der Waals surface area (Å²) in [6, 6.07) is 13.7. The molecular weight excluding hydrogens is 326 g/mol. The van der Waals surface area contributed by atoms with Crippen molar-refractivity contribution in [2.24, 2.45) is 0 Å². The second-order valence-corrected chi connectivity index (χ2v) is 6.39. The van der Waals surface area contributed by atoms with E-state index in [1.54, 1.807) is 18.6 Å². The fourth-order valence-electron chi connectivity index (χ4n) is 3.06. The fourth-order valence-corrected chi connectivity index (χ4v) is 3.06. The number of carbonyl (C=O) groups is 1. The Labute approximate surface area is 151 Å². The van der Waals surface area contributed by atoms with Crippen LogP contribution in [0.5, 0.6) is 0 Å². The van der Waals surface area contributed by atoms with Gasteiger partial charge in [-0.3, -0.25) is 9.78 Å². The molecule has 1 aromatic carbocycles. The van der Waals surface area contributed by atoms with Crippen LogP contribution < -0.4 is 10.2 Å². The normalized spacial score (nSPS) is 16.7. The summed E-state index contributed by atoms with van der Waals surface area (Å²) in [6.45, 7) is 2.63. The molecule has 0 radical (unpaired) electrons. The average Bonchev–Trinajstić information content (AvgIpc) is 3.03. The summed E-state index contributed by atoms with van der Waals surface area (Å²) in [5.74, 6) is 0.629. The van der Waals surface area contributed by atoms with E-state index in [9.17, 15) is 4.79 Å². The summed E-state index contributed by atoms with van der Waals surface area (Å²) in [5, 5.41) is 3.29. The van der Waals surface area contributed by atoms with Gasteiger partial charge in [0.15, 0.2) is 0 Å². The SMILES string of the molecule is Cc1ccc(N2CC(Nc3nccc(-c4cccnc4)n3)CC2=O)cc1. The van der Waals surface area contributed by atoms with Crippen molar-refractivity contribution in [3.8, 4) is 11.3 Å². The van der Waals surface area contributed by atoms with Crippen LogP contribution in [0.2, 0.25) is 0 Å². The highest BCUT2D eigenvalue weighted by atomic mass is 16.2. The van der Waals surface area contributed by atoms with E-state index in [0.29, 0.717) is 18.9 Å². The number of aromatic nitrogens is 3. The summed E-state index contributed by atoms with van der Waals surface area (Å²) in [4.78, 5) is 27.2. The number of benzene rings is 1. The molecule has 1 atom stereocenters. The number of nitrogens with zero attached hydrogens (tertiary/aromatic N) is 4. The van der Waals surface area contributed by atoms with Crippen molar-refractivity contribution in [2.75, 3.05) is 16.8 Å². The minimum absolute atomic E-state index is 0.0204. The molecule has 1 amide bonds. The van der Waals surface area contributed by atoms with Gasteiger partial charge in [-0.15, -0.1) is 0 Å². The summed E-state index contributed by atoms with van der Waals surface area (Å²) in [5.41, 5.74) is 3.84. The predicted molar refractivity (Wildman–Crippen MR) is 101 cm³/mol. The first-order valence-corrected chi connectivity index (χ1v) is 8.56. The van der Waals surface area contributed by atoms with Crippen LogP contribution in [0.15, 0.2) is 61.1 Å². The van der Waals surface area contributed by atoms with Crippen LogP contribution in [0.1, 0.15) is 12.0 Å². The Hall–Kier alpha value is -3.28. The van der Waals surface area contributed by atoms with Gasteiger partial charge in [-0.1, -0.05) is 17.7 Å². The van der Waals surface area contributed by atoms with E-state index in [2.05, 4.69) is 20.3 Å². The third-order valence-corrected chi connectivity index (χ3v) is 4.42. The predicted octanol–water partition coefficient (Wildman–Crippen LogP) is 3.06. The standard InChI is InChI=1S/C20H19N5O/c1-14-4-6-17(7-5-14)25-13-16(11-19(25)26)23-20-22-10-8-18(24-20)15-3-2-9-21-12-15/h2-10,12,16H,11,13H2,1H3,(H,22,23,24). The molecule has 1 unspecified atom stereocenters. The molecule has 6 heteroatoms. The Bertz CT molecular complexity index is 911. The first-order chi connectivity index (χ1) is 12.7. The van der Waals surface area contributed by atoms with Crippen LogP contribution in [0.25, 0.3) is 11.3 Å². The van der Waals surface area contributed by atoms with E-state index in [1.165, 1.54) is 5.56 Å². The van der Waals surface area contributed by atoms with Gasteiger partial charge in [0.2, 0.25) is 11.9 Å². The molecule has 6 nitrogen and oxygen atoms in total. The molecule has 0 bridgehead atoms. The first-order valence-electron chi connectivity index (χ1n) is 8.56. The van der Waals surface area contributed by atoms with Gasteiger partial charge in [0, 0.05) is 42.8 Å². The lowest BCUT2D eigenvalue weighted by Gasteiger charge is -2.17. The largest absolute Gasteiger partial charge is 0.349 e. The van der Waals surface area contributed by atoms with E-state index >= 15 is 0 Å². The maximum absolute atomic E-state index is 12.4. The van der Waals surface area contributed by atoms with Gasteiger partial charge < -0.3 is 10.2 Å². The Morgan fingerprint density at radius 3 is 2.73 bits per heavy atom. The van der Waals surface area contributed by atoms with Crippen molar-refractivity contribution >= 4 is 17.5 Å². The molecule has 1 fully saturated rings. The van der Waals surface area contributed by atoms with Crippen LogP contribution in [0.3, 0.4) is 0 Å². The Morgan fingerprint density at radius 1 is 1.12 bits per heavy atom. The van der Waals surface area contributed by atoms with Crippen molar-refractivity contribution in [2.45, 2.75) is 19.4 Å². The maximum atomic E-state index is 12.4. The van der Waals surface area contributed by atoms with E-state index in [4.69, 9.17) is 0 Å². The molecule has 1 aliphatic heterocycles. The summed E-state index contributed by atoms with van der Waals surface area (Å²) >= 11 is 0. The molecule has 1 saturated heterocycles. The van der Waals surface area contributed by atoms with E-state index in [0.717, 1.165) is 16.9 Å². The van der Waals surface area contributed by atoms with E-state index < -0.39 is 0 Å². The van der Waals surface area contributed by atoms with Crippen molar-refractivity contribution in [3.63, 3.8) is 0 Å². The third-order valence-electron chi connectivity index (χ3n) is 4.42. The van der Waals surface area contributed by atoms with E-state index in [-0.39, 0.29) is 11.9 Å². The molecule has 1 aliphatic rings. The van der Waals surface area contributed by atoms with Crippen LogP contribution in [0, 0.1) is 6.92 Å². The second kappa shape index (κ2) is 6.92. The molecule has 4 rings (SSSR count). The summed E-state index contributed by atoms with van der Waals surface area (Å²) < 4.78 is 0. The molecule has 0 spiro atoms. The van der Waals surface area contributed by atoms with E-state index in [1.807, 2.05) is 54.3 Å². The lowest BCUT2D eigenvalue weighted by Crippen LogP contribution is -2.28. The molecule has 2 aromatic heterocycles. The molecular formula is C20H19N5O. The number of amides is 1. The van der Waals surface area contributed by atoms with Gasteiger partial charge >= 0.3 is 0 Å². The van der Waals surface area contributed by atoms with Gasteiger partial charge in [0.25, 0.3) is 0 Å². The van der Waals surface area contributed by atoms with Gasteiger partial charge in [-0.2, -0.15) is 0 Å². The van der Waals surface area contributed by atoms with Crippen molar-refractivity contribution in [1.29, 1.82) is 0 Å². The van der Waals surface area contributed by atoms with Crippen LogP contribution in [-0.2, 0) is 4.79 Å². The number of rotatable bonds is 4. The highest BCUT2D eigenvalue weighted by Crippen LogP contribution is 2.24. The number of carbonyl (C=O) groups excluding carboxylic acids is 1. The number of anilines is 2. The topological polar surface area (TPSA) is 71.0 Å². The first kappa shape index (κ1) is 16.2. The molecule has 0 aliphatic carbocycles. The number of aryl methyl sites for hydroxylation is 1. The number of hydrogen-bond donors (Lipinski definition) is 1. The smallest absolute Gasteiger partial charge is 0.229 e. The molecule has 26 heavy (non-hydrogen) atoms. The average molecular weight is 345 g/mol. The Balaban J connectivity index is 1.48. The molecule has 0 saturated carbocycles. The Morgan fingerprint density at radius 2 is 1.96 bits per heavy atom. The number of nitrogens with one attached hydrogen (secondary N) is 1. The van der Waals surface area contributed by atoms with Crippen molar-refractivity contribution in [1.82, 2.24) is 15.0 Å². The summed E-state index contributed by atoms with van der Waals surface area (Å²) in [7, 11) is 0. The Kier molecular flexibility index (Phi) is 4.31. The van der Waals surface area contributed by atoms with Gasteiger partial charge in [-0.25, -0.2) is 9.97 Å². The monoisotopic (exact) mass is 345 g/mol. The number of hydrogen-bond acceptors (Lipinski definition) is 5. The lowest BCUT2D eigenvalue weighted by molar-refractivity contribution is -0.117. The third kappa shape index (κ3) is 3.39. The maximum Gasteiger partial charge on any atom is 0.229 e. The second-order valence-electron chi connectivity index (χ2n) is 6.39. The highest BCUT2D eigenvalue weighted by Gasteiger charge is 2.31. The minimum Gasteiger partial charge on any atom is -0.349 e. The van der Waals surface area contributed by atoms with Crippen molar-refractivity contribution < 1.29 is 4.79 Å². The number of pyridine rings is 1. The zero-order chi connectivity index (χ0) is 17.9. The summed E-state index contributed by atoms with van der Waals surface area (Å²) in [6.07, 6.45) is 5.64. The van der Waals surface area contributed by atoms with Crippen LogP contribution >= 0.6 is 0 Å². The molecule has 1 N–H and O–H groups in total. The highest BCUT2D eigenvalue weighted by molar-refractivity contribution is 5.96. The van der Waals surface area contributed by atoms with Gasteiger partial charge in [-0.05, 0) is 37.3 Å². The van der Waals surface area contributed by atoms with Crippen LogP contribution in [-0.4, -0.2) is 33.4 Å². The quantitative estimate of drug-likeness (QED) is 0.787. The molecule has 130 valence electrons. The fraction of sp³-hybridized carbons (Fsp3) is 0.200. The molecule has 3 heterocycles. The molecule has 3 aromatic rings. The van der Waals surface area contributed by atoms with Crippen molar-refractivity contribution in [3.05, 3.63) is 66.6 Å². The minimum atomic E-state index is -0.0204. The van der Waals surface area contributed by atoms with Crippen LogP contribution in [0.4, 0.5) is 11.6 Å². The zero-order valence-electron chi connectivity index (χ0n) is 14.5.